The number of rotatable bonds is 2. The summed E-state index contributed by atoms with van der Waals surface area (Å²) in [7, 11) is 0. The van der Waals surface area contributed by atoms with Gasteiger partial charge in [-0.15, -0.1) is 0 Å². The van der Waals surface area contributed by atoms with E-state index in [1.807, 2.05) is 0 Å². The van der Waals surface area contributed by atoms with Gasteiger partial charge >= 0.3 is 0 Å². The van der Waals surface area contributed by atoms with Crippen LogP contribution in [0.1, 0.15) is 0 Å². The number of likely N-dealkylation sites (tertiary alicyclic amines) is 1. The molecule has 94 valence electrons. The number of aliphatic hydroxyl groups is 1. The second-order valence-corrected chi connectivity index (χ2v) is 5.68. The first kappa shape index (κ1) is 10.5. The number of hydrogen-bond donors (Lipinski definition) is 1. The molecular formula is C14H15NO3. The molecule has 0 aromatic carbocycles. The maximum atomic E-state index is 12.3. The Balaban J connectivity index is 1.75. The molecule has 2 amide bonds. The smallest absolute Gasteiger partial charge is 0.233 e. The molecule has 4 aliphatic carbocycles. The fraction of sp³-hybridized carbons (Fsp3) is 0.571. The largest absolute Gasteiger partial charge is 0.395 e. The lowest BCUT2D eigenvalue weighted by Gasteiger charge is -2.51. The van der Waals surface area contributed by atoms with Gasteiger partial charge in [0, 0.05) is 0 Å². The van der Waals surface area contributed by atoms with E-state index in [0.717, 1.165) is 0 Å². The fourth-order valence-electron chi connectivity index (χ4n) is 4.27. The van der Waals surface area contributed by atoms with Crippen molar-refractivity contribution in [2.75, 3.05) is 13.2 Å². The number of aliphatic hydroxyl groups excluding tert-OH is 1. The molecule has 18 heavy (non-hydrogen) atoms. The number of amides is 2. The van der Waals surface area contributed by atoms with Crippen molar-refractivity contribution in [2.24, 2.45) is 35.5 Å². The Morgan fingerprint density at radius 3 is 1.72 bits per heavy atom. The van der Waals surface area contributed by atoms with Crippen LogP contribution in [0.3, 0.4) is 0 Å². The number of carbonyl (C=O) groups is 2. The lowest BCUT2D eigenvalue weighted by atomic mass is 9.50. The molecule has 1 saturated heterocycles. The summed E-state index contributed by atoms with van der Waals surface area (Å²) in [5.74, 6) is 0.786. The molecule has 5 aliphatic rings. The van der Waals surface area contributed by atoms with E-state index < -0.39 is 0 Å². The lowest BCUT2D eigenvalue weighted by Crippen LogP contribution is -2.50. The maximum Gasteiger partial charge on any atom is 0.233 e. The third-order valence-corrected chi connectivity index (χ3v) is 5.09. The molecule has 6 atom stereocenters. The number of β-amino-alcohol motifs (C(OH)–C–C–N with tert-alkyl or cyclic N) is 1. The van der Waals surface area contributed by atoms with E-state index in [-0.39, 0.29) is 48.6 Å². The number of imide groups is 1. The monoisotopic (exact) mass is 245 g/mol. The third kappa shape index (κ3) is 1.01. The van der Waals surface area contributed by atoms with Crippen molar-refractivity contribution >= 4 is 11.8 Å². The van der Waals surface area contributed by atoms with Gasteiger partial charge in [0.05, 0.1) is 25.0 Å². The predicted octanol–water partition coefficient (Wildman–Crippen LogP) is 0.198. The van der Waals surface area contributed by atoms with Crippen molar-refractivity contribution in [2.45, 2.75) is 0 Å². The average Bonchev–Trinajstić information content (AvgIpc) is 2.56. The van der Waals surface area contributed by atoms with Gasteiger partial charge in [0.1, 0.15) is 0 Å². The first-order valence-corrected chi connectivity index (χ1v) is 6.57. The molecule has 0 aromatic heterocycles. The van der Waals surface area contributed by atoms with Crippen molar-refractivity contribution in [1.82, 2.24) is 4.90 Å². The Morgan fingerprint density at radius 1 is 0.889 bits per heavy atom. The van der Waals surface area contributed by atoms with Gasteiger partial charge in [-0.25, -0.2) is 0 Å². The SMILES string of the molecule is O=C1[C@@H]2C3C=CC(C4C=CC43)[C@@H]2C(=O)N1CCO. The molecule has 5 rings (SSSR count). The lowest BCUT2D eigenvalue weighted by molar-refractivity contribution is -0.140. The molecule has 0 spiro atoms. The summed E-state index contributed by atoms with van der Waals surface area (Å²) in [4.78, 5) is 26.0. The zero-order valence-corrected chi connectivity index (χ0v) is 9.90. The highest BCUT2D eigenvalue weighted by molar-refractivity contribution is 6.06. The van der Waals surface area contributed by atoms with Gasteiger partial charge in [-0.3, -0.25) is 14.5 Å². The molecular weight excluding hydrogens is 230 g/mol. The molecule has 1 heterocycles. The molecule has 0 aromatic rings. The highest BCUT2D eigenvalue weighted by Gasteiger charge is 2.62. The van der Waals surface area contributed by atoms with E-state index in [0.29, 0.717) is 11.8 Å². The molecule has 4 unspecified atom stereocenters. The summed E-state index contributed by atoms with van der Waals surface area (Å²) < 4.78 is 0. The Morgan fingerprint density at radius 2 is 1.33 bits per heavy atom. The minimum atomic E-state index is -0.176. The first-order chi connectivity index (χ1) is 8.74. The van der Waals surface area contributed by atoms with Crippen molar-refractivity contribution < 1.29 is 14.7 Å². The van der Waals surface area contributed by atoms with Crippen LogP contribution in [0.4, 0.5) is 0 Å². The van der Waals surface area contributed by atoms with E-state index in [2.05, 4.69) is 24.3 Å². The van der Waals surface area contributed by atoms with Crippen LogP contribution in [-0.4, -0.2) is 35.0 Å². The van der Waals surface area contributed by atoms with E-state index in [9.17, 15) is 9.59 Å². The fourth-order valence-corrected chi connectivity index (χ4v) is 4.27. The summed E-state index contributed by atoms with van der Waals surface area (Å²) in [5, 5.41) is 8.99. The highest BCUT2D eigenvalue weighted by Crippen LogP contribution is 2.58. The van der Waals surface area contributed by atoms with Crippen molar-refractivity contribution in [3.05, 3.63) is 24.3 Å². The van der Waals surface area contributed by atoms with Crippen LogP contribution in [0, 0.1) is 35.5 Å². The molecule has 2 bridgehead atoms. The standard InChI is InChI=1S/C14H15NO3/c16-6-5-15-13(17)11-9-3-4-10(12(11)14(15)18)8-2-1-7(8)9/h1-4,7-12,16H,5-6H2/t7?,8?,9?,10?,11-,12+. The van der Waals surface area contributed by atoms with Crippen LogP contribution in [0.15, 0.2) is 24.3 Å². The molecule has 1 aliphatic heterocycles. The van der Waals surface area contributed by atoms with Gasteiger partial charge in [-0.05, 0) is 23.7 Å². The zero-order chi connectivity index (χ0) is 12.4. The van der Waals surface area contributed by atoms with Crippen molar-refractivity contribution in [3.8, 4) is 0 Å². The van der Waals surface area contributed by atoms with E-state index in [4.69, 9.17) is 5.11 Å². The molecule has 4 nitrogen and oxygen atoms in total. The second kappa shape index (κ2) is 3.32. The molecule has 0 radical (unpaired) electrons. The van der Waals surface area contributed by atoms with Crippen molar-refractivity contribution in [3.63, 3.8) is 0 Å². The molecule has 1 N–H and O–H groups in total. The predicted molar refractivity (Wildman–Crippen MR) is 63.0 cm³/mol. The highest BCUT2D eigenvalue weighted by atomic mass is 16.3. The Hall–Kier alpha value is -1.42. The van der Waals surface area contributed by atoms with E-state index in [1.165, 1.54) is 4.90 Å². The summed E-state index contributed by atoms with van der Waals surface area (Å²) in [5.41, 5.74) is 0. The van der Waals surface area contributed by atoms with Gasteiger partial charge in [0.15, 0.2) is 0 Å². The summed E-state index contributed by atoms with van der Waals surface area (Å²) in [6.07, 6.45) is 8.61. The van der Waals surface area contributed by atoms with Crippen LogP contribution in [-0.2, 0) is 9.59 Å². The average molecular weight is 245 g/mol. The Bertz CT molecular complexity index is 455. The van der Waals surface area contributed by atoms with Crippen LogP contribution < -0.4 is 0 Å². The van der Waals surface area contributed by atoms with Gasteiger partial charge < -0.3 is 5.11 Å². The summed E-state index contributed by atoms with van der Waals surface area (Å²) in [6, 6.07) is 0. The molecule has 4 heteroatoms. The maximum absolute atomic E-state index is 12.3. The van der Waals surface area contributed by atoms with Crippen LogP contribution in [0.25, 0.3) is 0 Å². The number of hydrogen-bond acceptors (Lipinski definition) is 3. The van der Waals surface area contributed by atoms with Gasteiger partial charge in [0.2, 0.25) is 11.8 Å². The van der Waals surface area contributed by atoms with Crippen molar-refractivity contribution in [1.29, 1.82) is 0 Å². The molecule has 1 saturated carbocycles. The Kier molecular flexibility index (Phi) is 1.94. The molecule has 2 fully saturated rings. The minimum Gasteiger partial charge on any atom is -0.395 e. The van der Waals surface area contributed by atoms with Gasteiger partial charge in [-0.1, -0.05) is 24.3 Å². The normalized spacial score (nSPS) is 47.3. The quantitative estimate of drug-likeness (QED) is 0.558. The van der Waals surface area contributed by atoms with E-state index >= 15 is 0 Å². The zero-order valence-electron chi connectivity index (χ0n) is 9.90. The topological polar surface area (TPSA) is 57.6 Å². The van der Waals surface area contributed by atoms with Gasteiger partial charge in [-0.2, -0.15) is 0 Å². The first-order valence-electron chi connectivity index (χ1n) is 6.57. The third-order valence-electron chi connectivity index (χ3n) is 5.09. The van der Waals surface area contributed by atoms with E-state index in [1.54, 1.807) is 0 Å². The van der Waals surface area contributed by atoms with Crippen LogP contribution >= 0.6 is 0 Å². The number of carbonyl (C=O) groups excluding carboxylic acids is 2. The Labute approximate surface area is 105 Å². The van der Waals surface area contributed by atoms with Crippen LogP contribution in [0.2, 0.25) is 0 Å². The minimum absolute atomic E-state index is 0.0721. The summed E-state index contributed by atoms with van der Waals surface area (Å²) >= 11 is 0. The second-order valence-electron chi connectivity index (χ2n) is 5.68. The van der Waals surface area contributed by atoms with Crippen LogP contribution in [0.5, 0.6) is 0 Å². The number of nitrogens with zero attached hydrogens (tertiary/aromatic N) is 1. The van der Waals surface area contributed by atoms with Gasteiger partial charge in [0.25, 0.3) is 0 Å². The number of allylic oxidation sites excluding steroid dienone is 4. The summed E-state index contributed by atoms with van der Waals surface area (Å²) in [6.45, 7) is -0.00232.